The minimum Gasteiger partial charge on any atom is -0.494 e. The first-order valence-electron chi connectivity index (χ1n) is 8.19. The summed E-state index contributed by atoms with van der Waals surface area (Å²) >= 11 is 0. The van der Waals surface area contributed by atoms with Gasteiger partial charge in [-0.3, -0.25) is 0 Å². The van der Waals surface area contributed by atoms with Gasteiger partial charge in [0, 0.05) is 5.92 Å². The van der Waals surface area contributed by atoms with Crippen molar-refractivity contribution in [3.63, 3.8) is 0 Å². The molecule has 1 aliphatic rings. The molecule has 2 rings (SSSR count). The van der Waals surface area contributed by atoms with Crippen molar-refractivity contribution in [2.45, 2.75) is 51.9 Å². The van der Waals surface area contributed by atoms with Gasteiger partial charge in [0.25, 0.3) is 0 Å². The van der Waals surface area contributed by atoms with Gasteiger partial charge in [-0.2, -0.15) is 4.39 Å². The lowest BCUT2D eigenvalue weighted by Crippen LogP contribution is -2.13. The number of unbranched alkanes of at least 4 members (excludes halogenated alkanes) is 1. The Morgan fingerprint density at radius 1 is 1.14 bits per heavy atom. The first-order chi connectivity index (χ1) is 10.7. The molecule has 1 nitrogen and oxygen atoms in total. The lowest BCUT2D eigenvalue weighted by atomic mass is 9.80. The largest absolute Gasteiger partial charge is 0.494 e. The molecule has 0 bridgehead atoms. The van der Waals surface area contributed by atoms with E-state index in [1.165, 1.54) is 51.3 Å². The second kappa shape index (κ2) is 8.17. The number of hydrogen-bond acceptors (Lipinski definition) is 1. The third-order valence-corrected chi connectivity index (χ3v) is 4.49. The Labute approximate surface area is 132 Å². The summed E-state index contributed by atoms with van der Waals surface area (Å²) in [5, 5.41) is 0. The van der Waals surface area contributed by atoms with Crippen molar-refractivity contribution < 1.29 is 13.5 Å². The Balaban J connectivity index is 1.96. The van der Waals surface area contributed by atoms with Gasteiger partial charge >= 0.3 is 0 Å². The normalized spacial score (nSPS) is 21.1. The van der Waals surface area contributed by atoms with E-state index in [4.69, 9.17) is 4.74 Å². The molecule has 0 spiro atoms. The maximum atomic E-state index is 13.8. The summed E-state index contributed by atoms with van der Waals surface area (Å²) < 4.78 is 32.2. The number of hydrogen-bond donors (Lipinski definition) is 0. The fourth-order valence-electron chi connectivity index (χ4n) is 3.05. The molecule has 0 heterocycles. The molecule has 22 heavy (non-hydrogen) atoms. The Morgan fingerprint density at radius 2 is 1.86 bits per heavy atom. The summed E-state index contributed by atoms with van der Waals surface area (Å²) in [6.45, 7) is 2.22. The van der Waals surface area contributed by atoms with E-state index in [0.717, 1.165) is 18.8 Å². The Kier molecular flexibility index (Phi) is 6.24. The van der Waals surface area contributed by atoms with Crippen molar-refractivity contribution in [2.24, 2.45) is 11.8 Å². The summed E-state index contributed by atoms with van der Waals surface area (Å²) in [7, 11) is 1.32. The molecule has 0 atom stereocenters. The molecule has 0 radical (unpaired) electrons. The first kappa shape index (κ1) is 16.8. The van der Waals surface area contributed by atoms with E-state index in [-0.39, 0.29) is 11.3 Å². The zero-order valence-corrected chi connectivity index (χ0v) is 13.4. The maximum Gasteiger partial charge on any atom is 0.201 e. The molecule has 1 aromatic carbocycles. The molecular formula is C19H24F2O. The second-order valence-electron chi connectivity index (χ2n) is 6.07. The number of halogens is 2. The van der Waals surface area contributed by atoms with Gasteiger partial charge in [-0.1, -0.05) is 38.0 Å². The van der Waals surface area contributed by atoms with E-state index in [1.54, 1.807) is 0 Å². The number of benzene rings is 1. The predicted molar refractivity (Wildman–Crippen MR) is 84.8 cm³/mol. The van der Waals surface area contributed by atoms with Gasteiger partial charge in [-0.05, 0) is 43.7 Å². The summed E-state index contributed by atoms with van der Waals surface area (Å²) in [5.74, 6) is 5.11. The quantitative estimate of drug-likeness (QED) is 0.684. The predicted octanol–water partition coefficient (Wildman–Crippen LogP) is 5.32. The highest BCUT2D eigenvalue weighted by Gasteiger charge is 2.19. The van der Waals surface area contributed by atoms with Gasteiger partial charge in [0.2, 0.25) is 5.82 Å². The molecule has 1 fully saturated rings. The maximum absolute atomic E-state index is 13.8. The topological polar surface area (TPSA) is 9.23 Å². The van der Waals surface area contributed by atoms with Crippen molar-refractivity contribution in [2.75, 3.05) is 7.11 Å². The number of ether oxygens (including phenoxy) is 1. The van der Waals surface area contributed by atoms with Crippen molar-refractivity contribution in [3.05, 3.63) is 29.3 Å². The Bertz CT molecular complexity index is 549. The highest BCUT2D eigenvalue weighted by Crippen LogP contribution is 2.31. The Morgan fingerprint density at radius 3 is 2.50 bits per heavy atom. The van der Waals surface area contributed by atoms with E-state index in [2.05, 4.69) is 18.8 Å². The average Bonchev–Trinajstić information content (AvgIpc) is 2.55. The van der Waals surface area contributed by atoms with Crippen LogP contribution >= 0.6 is 0 Å². The van der Waals surface area contributed by atoms with E-state index in [9.17, 15) is 8.78 Å². The van der Waals surface area contributed by atoms with Gasteiger partial charge in [0.1, 0.15) is 0 Å². The van der Waals surface area contributed by atoms with Crippen LogP contribution in [0, 0.1) is 35.3 Å². The molecule has 0 unspecified atom stereocenters. The van der Waals surface area contributed by atoms with Crippen LogP contribution in [-0.4, -0.2) is 7.11 Å². The fourth-order valence-corrected chi connectivity index (χ4v) is 3.05. The highest BCUT2D eigenvalue weighted by atomic mass is 19.2. The van der Waals surface area contributed by atoms with Gasteiger partial charge in [0.15, 0.2) is 11.6 Å². The Hall–Kier alpha value is -1.56. The summed E-state index contributed by atoms with van der Waals surface area (Å²) in [6, 6.07) is 2.90. The van der Waals surface area contributed by atoms with Crippen molar-refractivity contribution in [1.82, 2.24) is 0 Å². The summed E-state index contributed by atoms with van der Waals surface area (Å²) in [5.41, 5.74) is 0.117. The average molecular weight is 306 g/mol. The molecule has 120 valence electrons. The van der Waals surface area contributed by atoms with Crippen LogP contribution < -0.4 is 4.74 Å². The van der Waals surface area contributed by atoms with Crippen LogP contribution in [-0.2, 0) is 0 Å². The third-order valence-electron chi connectivity index (χ3n) is 4.49. The molecule has 0 amide bonds. The molecular weight excluding hydrogens is 282 g/mol. The van der Waals surface area contributed by atoms with Crippen LogP contribution in [0.1, 0.15) is 57.4 Å². The van der Waals surface area contributed by atoms with Crippen LogP contribution in [0.25, 0.3) is 0 Å². The van der Waals surface area contributed by atoms with Crippen LogP contribution in [0.15, 0.2) is 12.1 Å². The van der Waals surface area contributed by atoms with Gasteiger partial charge in [-0.15, -0.1) is 0 Å². The zero-order chi connectivity index (χ0) is 15.9. The third kappa shape index (κ3) is 4.22. The van der Waals surface area contributed by atoms with Gasteiger partial charge in [0.05, 0.1) is 12.7 Å². The lowest BCUT2D eigenvalue weighted by Gasteiger charge is -2.25. The highest BCUT2D eigenvalue weighted by molar-refractivity contribution is 5.41. The van der Waals surface area contributed by atoms with E-state index >= 15 is 0 Å². The fraction of sp³-hybridized carbons (Fsp3) is 0.579. The van der Waals surface area contributed by atoms with Gasteiger partial charge in [-0.25, -0.2) is 4.39 Å². The summed E-state index contributed by atoms with van der Waals surface area (Å²) in [4.78, 5) is 0. The van der Waals surface area contributed by atoms with E-state index < -0.39 is 11.6 Å². The molecule has 1 aliphatic carbocycles. The standard InChI is InChI=1S/C19H24F2O/c1-3-4-5-14-6-8-15(9-7-14)10-11-16-12-13-17(22-2)19(21)18(16)20/h12-15H,3-9H2,1-2H3. The molecule has 1 saturated carbocycles. The number of methoxy groups -OCH3 is 1. The van der Waals surface area contributed by atoms with Crippen LogP contribution in [0.3, 0.4) is 0 Å². The zero-order valence-electron chi connectivity index (χ0n) is 13.4. The summed E-state index contributed by atoms with van der Waals surface area (Å²) in [6.07, 6.45) is 8.43. The molecule has 3 heteroatoms. The SMILES string of the molecule is CCCCC1CCC(C#Cc2ccc(OC)c(F)c2F)CC1. The first-order valence-corrected chi connectivity index (χ1v) is 8.19. The van der Waals surface area contributed by atoms with Crippen LogP contribution in [0.2, 0.25) is 0 Å². The van der Waals surface area contributed by atoms with Crippen LogP contribution in [0.4, 0.5) is 8.78 Å². The molecule has 0 N–H and O–H groups in total. The van der Waals surface area contributed by atoms with Crippen molar-refractivity contribution >= 4 is 0 Å². The smallest absolute Gasteiger partial charge is 0.201 e. The minimum absolute atomic E-state index is 0.0838. The van der Waals surface area contributed by atoms with Crippen molar-refractivity contribution in [1.29, 1.82) is 0 Å². The van der Waals surface area contributed by atoms with E-state index in [0.29, 0.717) is 5.92 Å². The van der Waals surface area contributed by atoms with Crippen molar-refractivity contribution in [3.8, 4) is 17.6 Å². The van der Waals surface area contributed by atoms with Crippen LogP contribution in [0.5, 0.6) is 5.75 Å². The lowest BCUT2D eigenvalue weighted by molar-refractivity contribution is 0.296. The monoisotopic (exact) mass is 306 g/mol. The molecule has 0 saturated heterocycles. The molecule has 0 aliphatic heterocycles. The van der Waals surface area contributed by atoms with Gasteiger partial charge < -0.3 is 4.74 Å². The molecule has 0 aromatic heterocycles. The number of rotatable bonds is 4. The second-order valence-corrected chi connectivity index (χ2v) is 6.07. The minimum atomic E-state index is -0.961. The molecule has 1 aromatic rings. The van der Waals surface area contributed by atoms with E-state index in [1.807, 2.05) is 0 Å².